The average Bonchev–Trinajstić information content (AvgIpc) is 3.40. The van der Waals surface area contributed by atoms with Gasteiger partial charge in [0.25, 0.3) is 0 Å². The smallest absolute Gasteiger partial charge is 0.220 e. The lowest BCUT2D eigenvalue weighted by atomic mass is 9.95. The number of thiazole rings is 1. The Morgan fingerprint density at radius 2 is 1.84 bits per heavy atom. The molecule has 1 heterocycles. The highest BCUT2D eigenvalue weighted by Gasteiger charge is 2.29. The van der Waals surface area contributed by atoms with Crippen LogP contribution in [0.5, 0.6) is 17.2 Å². The number of carbonyl (C=O) groups excluding carboxylic acids is 2. The van der Waals surface area contributed by atoms with E-state index < -0.39 is 0 Å². The van der Waals surface area contributed by atoms with Crippen LogP contribution < -0.4 is 35.6 Å². The lowest BCUT2D eigenvalue weighted by Crippen LogP contribution is -2.26. The lowest BCUT2D eigenvalue weighted by molar-refractivity contribution is -0.121. The molecule has 0 radical (unpaired) electrons. The molecular formula is C32H40N4O6S. The number of nitrogens with one attached hydrogen (secondary N) is 3. The molecule has 4 rings (SSSR count). The van der Waals surface area contributed by atoms with Crippen molar-refractivity contribution < 1.29 is 23.8 Å². The number of benzene rings is 1. The maximum atomic E-state index is 13.4. The van der Waals surface area contributed by atoms with Crippen LogP contribution in [0.2, 0.25) is 0 Å². The van der Waals surface area contributed by atoms with Crippen molar-refractivity contribution in [3.8, 4) is 28.4 Å². The van der Waals surface area contributed by atoms with E-state index in [0.29, 0.717) is 55.3 Å². The van der Waals surface area contributed by atoms with Crippen LogP contribution in [-0.2, 0) is 22.4 Å². The Labute approximate surface area is 256 Å². The first-order valence-corrected chi connectivity index (χ1v) is 15.4. The van der Waals surface area contributed by atoms with Crippen molar-refractivity contribution in [3.63, 3.8) is 0 Å². The third-order valence-electron chi connectivity index (χ3n) is 7.46. The van der Waals surface area contributed by atoms with E-state index in [-0.39, 0.29) is 23.3 Å². The number of anilines is 1. The first kappa shape index (κ1) is 31.8. The van der Waals surface area contributed by atoms with E-state index in [1.807, 2.05) is 17.5 Å². The second-order valence-corrected chi connectivity index (χ2v) is 11.3. The highest BCUT2D eigenvalue weighted by Crippen LogP contribution is 2.50. The quantitative estimate of drug-likeness (QED) is 0.226. The normalized spacial score (nSPS) is 13.6. The monoisotopic (exact) mass is 608 g/mol. The molecule has 1 unspecified atom stereocenters. The van der Waals surface area contributed by atoms with Crippen molar-refractivity contribution in [2.45, 2.75) is 57.9 Å². The highest BCUT2D eigenvalue weighted by molar-refractivity contribution is 7.09. The van der Waals surface area contributed by atoms with Gasteiger partial charge in [0, 0.05) is 50.0 Å². The van der Waals surface area contributed by atoms with Crippen molar-refractivity contribution in [2.24, 2.45) is 0 Å². The van der Waals surface area contributed by atoms with Crippen LogP contribution in [0.25, 0.3) is 11.1 Å². The number of carbonyl (C=O) groups is 2. The van der Waals surface area contributed by atoms with Crippen LogP contribution in [0.4, 0.5) is 5.69 Å². The van der Waals surface area contributed by atoms with Crippen molar-refractivity contribution in [2.75, 3.05) is 39.7 Å². The lowest BCUT2D eigenvalue weighted by Gasteiger charge is -2.19. The molecule has 0 spiro atoms. The molecule has 1 atom stereocenters. The van der Waals surface area contributed by atoms with Gasteiger partial charge in [0.1, 0.15) is 0 Å². The van der Waals surface area contributed by atoms with Gasteiger partial charge in [-0.3, -0.25) is 14.4 Å². The van der Waals surface area contributed by atoms with E-state index in [1.54, 1.807) is 51.0 Å². The maximum Gasteiger partial charge on any atom is 0.220 e. The number of methoxy groups -OCH3 is 3. The predicted molar refractivity (Wildman–Crippen MR) is 168 cm³/mol. The van der Waals surface area contributed by atoms with Crippen LogP contribution >= 0.6 is 11.3 Å². The Bertz CT molecular complexity index is 1480. The Morgan fingerprint density at radius 1 is 1.02 bits per heavy atom. The summed E-state index contributed by atoms with van der Waals surface area (Å²) in [5.41, 5.74) is 3.60. The fraction of sp³-hybridized carbons (Fsp3) is 0.438. The third kappa shape index (κ3) is 8.04. The first-order valence-electron chi connectivity index (χ1n) is 14.5. The molecule has 3 N–H and O–H groups in total. The van der Waals surface area contributed by atoms with Gasteiger partial charge in [-0.2, -0.15) is 0 Å². The topological polar surface area (TPSA) is 128 Å². The number of aromatic nitrogens is 1. The maximum absolute atomic E-state index is 13.4. The van der Waals surface area contributed by atoms with Gasteiger partial charge >= 0.3 is 0 Å². The molecule has 1 aromatic heterocycles. The Morgan fingerprint density at radius 3 is 2.53 bits per heavy atom. The second-order valence-electron chi connectivity index (χ2n) is 10.4. The summed E-state index contributed by atoms with van der Waals surface area (Å²) < 4.78 is 17.1. The van der Waals surface area contributed by atoms with Gasteiger partial charge in [-0.25, -0.2) is 4.98 Å². The molecule has 1 aliphatic carbocycles. The van der Waals surface area contributed by atoms with Gasteiger partial charge in [-0.15, -0.1) is 11.3 Å². The summed E-state index contributed by atoms with van der Waals surface area (Å²) >= 11 is 1.59. The Kier molecular flexibility index (Phi) is 11.4. The van der Waals surface area contributed by atoms with Gasteiger partial charge in [-0.05, 0) is 60.6 Å². The SMILES string of the molecule is COc1cc2c(c(OC)c1OC)-c1ccc(NCCCCCC(=O)NCCc3nccs3)c(=O)cc1C(NC(C)=O)CC2. The van der Waals surface area contributed by atoms with Gasteiger partial charge < -0.3 is 30.2 Å². The number of amides is 2. The van der Waals surface area contributed by atoms with Crippen molar-refractivity contribution in [1.82, 2.24) is 15.6 Å². The molecule has 10 nitrogen and oxygen atoms in total. The largest absolute Gasteiger partial charge is 0.493 e. The summed E-state index contributed by atoms with van der Waals surface area (Å²) in [6, 6.07) is 6.87. The second kappa shape index (κ2) is 15.4. The fourth-order valence-electron chi connectivity index (χ4n) is 5.44. The van der Waals surface area contributed by atoms with Gasteiger partial charge in [0.05, 0.1) is 38.1 Å². The number of rotatable bonds is 14. The molecule has 2 amide bonds. The average molecular weight is 609 g/mol. The minimum absolute atomic E-state index is 0.0432. The number of aryl methyl sites for hydroxylation is 1. The molecule has 0 saturated carbocycles. The zero-order valence-electron chi connectivity index (χ0n) is 25.2. The molecule has 2 aromatic carbocycles. The number of hydrogen-bond donors (Lipinski definition) is 3. The molecule has 1 aliphatic rings. The zero-order chi connectivity index (χ0) is 30.8. The molecular weight excluding hydrogens is 568 g/mol. The fourth-order valence-corrected chi connectivity index (χ4v) is 6.06. The third-order valence-corrected chi connectivity index (χ3v) is 8.30. The highest BCUT2D eigenvalue weighted by atomic mass is 32.1. The van der Waals surface area contributed by atoms with Gasteiger partial charge in [0.15, 0.2) is 11.5 Å². The van der Waals surface area contributed by atoms with E-state index in [0.717, 1.165) is 52.9 Å². The summed E-state index contributed by atoms with van der Waals surface area (Å²) in [5.74, 6) is 1.41. The van der Waals surface area contributed by atoms with Crippen molar-refractivity contribution >= 4 is 28.8 Å². The van der Waals surface area contributed by atoms with Crippen LogP contribution in [-0.4, -0.2) is 51.2 Å². The summed E-state index contributed by atoms with van der Waals surface area (Å²) in [7, 11) is 4.72. The molecule has 11 heteroatoms. The van der Waals surface area contributed by atoms with Crippen molar-refractivity contribution in [3.05, 3.63) is 62.2 Å². The zero-order valence-corrected chi connectivity index (χ0v) is 26.0. The number of fused-ring (bicyclic) bond motifs is 3. The molecule has 3 aromatic rings. The van der Waals surface area contributed by atoms with Crippen LogP contribution in [0, 0.1) is 0 Å². The first-order chi connectivity index (χ1) is 20.9. The van der Waals surface area contributed by atoms with Gasteiger partial charge in [-0.1, -0.05) is 12.5 Å². The summed E-state index contributed by atoms with van der Waals surface area (Å²) in [5, 5.41) is 12.2. The number of nitrogens with zero attached hydrogens (tertiary/aromatic N) is 1. The standard InChI is InChI=1S/C32H40N4O6S/c1-20(37)36-24-11-9-21-18-27(40-2)31(41-3)32(42-4)30(21)22-10-12-25(26(38)19-23(22)24)33-14-7-5-6-8-28(39)34-15-13-29-35-16-17-43-29/h10,12,16-19,24H,5-9,11,13-15H2,1-4H3,(H,33,38)(H,34,39)(H,36,37). The molecule has 43 heavy (non-hydrogen) atoms. The molecule has 230 valence electrons. The van der Waals surface area contributed by atoms with E-state index in [9.17, 15) is 14.4 Å². The van der Waals surface area contributed by atoms with E-state index in [1.165, 1.54) is 6.92 Å². The minimum Gasteiger partial charge on any atom is -0.493 e. The summed E-state index contributed by atoms with van der Waals surface area (Å²) in [6.45, 7) is 2.66. The molecule has 0 saturated heterocycles. The minimum atomic E-state index is -0.359. The Balaban J connectivity index is 1.47. The predicted octanol–water partition coefficient (Wildman–Crippen LogP) is 4.65. The number of unbranched alkanes of at least 4 members (excludes halogenated alkanes) is 2. The Hall–Kier alpha value is -4.12. The van der Waals surface area contributed by atoms with E-state index >= 15 is 0 Å². The summed E-state index contributed by atoms with van der Waals surface area (Å²) in [6.07, 6.45) is 6.66. The number of ether oxygens (including phenoxy) is 3. The molecule has 0 aliphatic heterocycles. The van der Waals surface area contributed by atoms with E-state index in [4.69, 9.17) is 14.2 Å². The van der Waals surface area contributed by atoms with Crippen LogP contribution in [0.15, 0.2) is 40.6 Å². The van der Waals surface area contributed by atoms with Crippen molar-refractivity contribution in [1.29, 1.82) is 0 Å². The van der Waals surface area contributed by atoms with Gasteiger partial charge in [0.2, 0.25) is 23.0 Å². The van der Waals surface area contributed by atoms with Crippen LogP contribution in [0.1, 0.15) is 61.2 Å². The molecule has 0 bridgehead atoms. The van der Waals surface area contributed by atoms with E-state index in [2.05, 4.69) is 20.9 Å². The molecule has 0 fully saturated rings. The number of hydrogen-bond acceptors (Lipinski definition) is 9. The van der Waals surface area contributed by atoms with Crippen LogP contribution in [0.3, 0.4) is 0 Å². The summed E-state index contributed by atoms with van der Waals surface area (Å²) in [4.78, 5) is 41.9.